The van der Waals surface area contributed by atoms with E-state index < -0.39 is 0 Å². The molecule has 1 N–H and O–H groups in total. The second kappa shape index (κ2) is 7.19. The standard InChI is InChI=1S/C14H17ClN4O2/c1-10-13(14(20)16-8-3-9-21-2)17-18-19(10)12-6-4-11(15)5-7-12/h4-7H,3,8-9H2,1-2H3,(H,16,20). The van der Waals surface area contributed by atoms with Crippen molar-refractivity contribution in [3.05, 3.63) is 40.7 Å². The van der Waals surface area contributed by atoms with Gasteiger partial charge in [0, 0.05) is 25.3 Å². The summed E-state index contributed by atoms with van der Waals surface area (Å²) in [6, 6.07) is 7.18. The summed E-state index contributed by atoms with van der Waals surface area (Å²) >= 11 is 5.86. The Morgan fingerprint density at radius 2 is 2.10 bits per heavy atom. The molecule has 21 heavy (non-hydrogen) atoms. The van der Waals surface area contributed by atoms with Gasteiger partial charge in [0.2, 0.25) is 0 Å². The van der Waals surface area contributed by atoms with Crippen LogP contribution in [-0.2, 0) is 4.74 Å². The zero-order chi connectivity index (χ0) is 15.2. The molecule has 2 aromatic rings. The molecule has 0 aliphatic heterocycles. The van der Waals surface area contributed by atoms with Crippen molar-refractivity contribution in [1.29, 1.82) is 0 Å². The number of rotatable bonds is 6. The molecule has 7 heteroatoms. The number of nitrogens with one attached hydrogen (secondary N) is 1. The van der Waals surface area contributed by atoms with E-state index in [0.29, 0.717) is 29.6 Å². The van der Waals surface area contributed by atoms with Crippen molar-refractivity contribution in [1.82, 2.24) is 20.3 Å². The van der Waals surface area contributed by atoms with Gasteiger partial charge in [-0.15, -0.1) is 5.10 Å². The topological polar surface area (TPSA) is 69.0 Å². The second-order valence-corrected chi connectivity index (χ2v) is 4.95. The lowest BCUT2D eigenvalue weighted by Crippen LogP contribution is -2.26. The molecule has 2 rings (SSSR count). The van der Waals surface area contributed by atoms with Crippen LogP contribution in [0.5, 0.6) is 0 Å². The maximum absolute atomic E-state index is 12.0. The number of aromatic nitrogens is 3. The van der Waals surface area contributed by atoms with E-state index in [4.69, 9.17) is 16.3 Å². The normalized spacial score (nSPS) is 10.6. The van der Waals surface area contributed by atoms with Gasteiger partial charge in [-0.3, -0.25) is 4.79 Å². The molecule has 0 unspecified atom stereocenters. The van der Waals surface area contributed by atoms with E-state index in [1.54, 1.807) is 30.8 Å². The highest BCUT2D eigenvalue weighted by molar-refractivity contribution is 6.30. The quantitative estimate of drug-likeness (QED) is 0.829. The Labute approximate surface area is 128 Å². The van der Waals surface area contributed by atoms with Crippen LogP contribution in [0.1, 0.15) is 22.6 Å². The zero-order valence-corrected chi connectivity index (χ0v) is 12.7. The summed E-state index contributed by atoms with van der Waals surface area (Å²) in [5, 5.41) is 11.4. The third-order valence-corrected chi connectivity index (χ3v) is 3.24. The summed E-state index contributed by atoms with van der Waals surface area (Å²) in [6.45, 7) is 2.95. The molecule has 0 fully saturated rings. The molecular weight excluding hydrogens is 292 g/mol. The molecule has 112 valence electrons. The van der Waals surface area contributed by atoms with Gasteiger partial charge in [-0.05, 0) is 37.6 Å². The van der Waals surface area contributed by atoms with E-state index >= 15 is 0 Å². The first kappa shape index (κ1) is 15.5. The van der Waals surface area contributed by atoms with Gasteiger partial charge in [-0.2, -0.15) is 0 Å². The van der Waals surface area contributed by atoms with Crippen molar-refractivity contribution in [2.24, 2.45) is 0 Å². The molecule has 0 bridgehead atoms. The van der Waals surface area contributed by atoms with E-state index in [0.717, 1.165) is 12.1 Å². The fourth-order valence-corrected chi connectivity index (χ4v) is 1.99. The lowest BCUT2D eigenvalue weighted by atomic mass is 10.3. The first-order chi connectivity index (χ1) is 10.1. The van der Waals surface area contributed by atoms with Crippen LogP contribution in [0.25, 0.3) is 5.69 Å². The van der Waals surface area contributed by atoms with Gasteiger partial charge < -0.3 is 10.1 Å². The molecular formula is C14H17ClN4O2. The number of carbonyl (C=O) groups is 1. The Morgan fingerprint density at radius 3 is 2.76 bits per heavy atom. The molecule has 1 amide bonds. The van der Waals surface area contributed by atoms with Crippen molar-refractivity contribution in [2.75, 3.05) is 20.3 Å². The molecule has 0 saturated heterocycles. The largest absolute Gasteiger partial charge is 0.385 e. The average molecular weight is 309 g/mol. The molecule has 6 nitrogen and oxygen atoms in total. The van der Waals surface area contributed by atoms with Crippen LogP contribution in [0.2, 0.25) is 5.02 Å². The SMILES string of the molecule is COCCCNC(=O)c1nnn(-c2ccc(Cl)cc2)c1C. The molecule has 1 aromatic heterocycles. The molecule has 0 saturated carbocycles. The van der Waals surface area contributed by atoms with Crippen LogP contribution in [0.15, 0.2) is 24.3 Å². The minimum absolute atomic E-state index is 0.233. The number of methoxy groups -OCH3 is 1. The van der Waals surface area contributed by atoms with Crippen LogP contribution < -0.4 is 5.32 Å². The van der Waals surface area contributed by atoms with Gasteiger partial charge in [0.15, 0.2) is 5.69 Å². The van der Waals surface area contributed by atoms with Crippen LogP contribution in [-0.4, -0.2) is 41.2 Å². The Hall–Kier alpha value is -1.92. The summed E-state index contributed by atoms with van der Waals surface area (Å²) < 4.78 is 6.54. The van der Waals surface area contributed by atoms with Crippen LogP contribution in [0.3, 0.4) is 0 Å². The number of benzene rings is 1. The predicted octanol–water partition coefficient (Wildman–Crippen LogP) is 2.00. The Balaban J connectivity index is 2.09. The number of hydrogen-bond acceptors (Lipinski definition) is 4. The minimum atomic E-state index is -0.233. The average Bonchev–Trinajstić information content (AvgIpc) is 2.86. The number of nitrogens with zero attached hydrogens (tertiary/aromatic N) is 3. The zero-order valence-electron chi connectivity index (χ0n) is 12.0. The number of carbonyl (C=O) groups excluding carboxylic acids is 1. The van der Waals surface area contributed by atoms with E-state index in [2.05, 4.69) is 15.6 Å². The third-order valence-electron chi connectivity index (χ3n) is 2.99. The fourth-order valence-electron chi connectivity index (χ4n) is 1.87. The molecule has 0 aliphatic rings. The van der Waals surface area contributed by atoms with E-state index in [1.807, 2.05) is 12.1 Å². The van der Waals surface area contributed by atoms with Gasteiger partial charge >= 0.3 is 0 Å². The molecule has 0 radical (unpaired) electrons. The monoisotopic (exact) mass is 308 g/mol. The van der Waals surface area contributed by atoms with Gasteiger partial charge in [0.05, 0.1) is 11.4 Å². The highest BCUT2D eigenvalue weighted by Gasteiger charge is 2.16. The van der Waals surface area contributed by atoms with Crippen molar-refractivity contribution < 1.29 is 9.53 Å². The minimum Gasteiger partial charge on any atom is -0.385 e. The van der Waals surface area contributed by atoms with Crippen molar-refractivity contribution in [3.8, 4) is 5.69 Å². The number of amides is 1. The number of hydrogen-bond donors (Lipinski definition) is 1. The summed E-state index contributed by atoms with van der Waals surface area (Å²) in [5.74, 6) is -0.233. The first-order valence-corrected chi connectivity index (χ1v) is 6.96. The lowest BCUT2D eigenvalue weighted by Gasteiger charge is -2.05. The summed E-state index contributed by atoms with van der Waals surface area (Å²) in [4.78, 5) is 12.0. The predicted molar refractivity (Wildman–Crippen MR) is 79.9 cm³/mol. The summed E-state index contributed by atoms with van der Waals surface area (Å²) in [7, 11) is 1.63. The van der Waals surface area contributed by atoms with Crippen molar-refractivity contribution >= 4 is 17.5 Å². The van der Waals surface area contributed by atoms with Crippen molar-refractivity contribution in [3.63, 3.8) is 0 Å². The fraction of sp³-hybridized carbons (Fsp3) is 0.357. The van der Waals surface area contributed by atoms with Gasteiger partial charge in [-0.25, -0.2) is 4.68 Å². The first-order valence-electron chi connectivity index (χ1n) is 6.59. The van der Waals surface area contributed by atoms with Gasteiger partial charge in [0.1, 0.15) is 0 Å². The molecule has 0 aliphatic carbocycles. The molecule has 1 aromatic carbocycles. The third kappa shape index (κ3) is 3.80. The Bertz CT molecular complexity index is 610. The lowest BCUT2D eigenvalue weighted by molar-refractivity contribution is 0.0943. The van der Waals surface area contributed by atoms with Gasteiger partial charge in [-0.1, -0.05) is 16.8 Å². The number of halogens is 1. The highest BCUT2D eigenvalue weighted by Crippen LogP contribution is 2.15. The highest BCUT2D eigenvalue weighted by atomic mass is 35.5. The summed E-state index contributed by atoms with van der Waals surface area (Å²) in [5.41, 5.74) is 1.81. The van der Waals surface area contributed by atoms with Crippen LogP contribution >= 0.6 is 11.6 Å². The molecule has 0 atom stereocenters. The van der Waals surface area contributed by atoms with Crippen LogP contribution in [0, 0.1) is 6.92 Å². The van der Waals surface area contributed by atoms with Crippen LogP contribution in [0.4, 0.5) is 0 Å². The van der Waals surface area contributed by atoms with E-state index in [9.17, 15) is 4.79 Å². The van der Waals surface area contributed by atoms with Gasteiger partial charge in [0.25, 0.3) is 5.91 Å². The summed E-state index contributed by atoms with van der Waals surface area (Å²) in [6.07, 6.45) is 0.757. The Morgan fingerprint density at radius 1 is 1.38 bits per heavy atom. The second-order valence-electron chi connectivity index (χ2n) is 4.51. The van der Waals surface area contributed by atoms with Crippen molar-refractivity contribution in [2.45, 2.75) is 13.3 Å². The maximum Gasteiger partial charge on any atom is 0.273 e. The van der Waals surface area contributed by atoms with E-state index in [1.165, 1.54) is 0 Å². The number of ether oxygens (including phenoxy) is 1. The molecule has 0 spiro atoms. The molecule has 1 heterocycles. The maximum atomic E-state index is 12.0. The Kier molecular flexibility index (Phi) is 5.30. The smallest absolute Gasteiger partial charge is 0.273 e. The van der Waals surface area contributed by atoms with E-state index in [-0.39, 0.29) is 5.91 Å².